The van der Waals surface area contributed by atoms with E-state index in [0.29, 0.717) is 19.5 Å². The maximum Gasteiger partial charge on any atom is 0.236 e. The van der Waals surface area contributed by atoms with Gasteiger partial charge in [0.05, 0.1) is 19.0 Å². The fourth-order valence-corrected chi connectivity index (χ4v) is 0.849. The number of amides is 1. The van der Waals surface area contributed by atoms with Crippen LogP contribution >= 0.6 is 0 Å². The van der Waals surface area contributed by atoms with Crippen molar-refractivity contribution in [3.8, 4) is 6.07 Å². The zero-order valence-corrected chi connectivity index (χ0v) is 8.34. The lowest BCUT2D eigenvalue weighted by Crippen LogP contribution is -2.36. The number of rotatable bonds is 6. The molecule has 0 heterocycles. The predicted molar refractivity (Wildman–Crippen MR) is 51.0 cm³/mol. The summed E-state index contributed by atoms with van der Waals surface area (Å²) >= 11 is 0. The number of hydrogen-bond donors (Lipinski definition) is 1. The van der Waals surface area contributed by atoms with Gasteiger partial charge in [0.25, 0.3) is 0 Å². The van der Waals surface area contributed by atoms with Crippen LogP contribution in [0.3, 0.4) is 0 Å². The summed E-state index contributed by atoms with van der Waals surface area (Å²) in [6, 6.07) is 2.01. The van der Waals surface area contributed by atoms with Gasteiger partial charge in [0, 0.05) is 13.6 Å². The Morgan fingerprint density at radius 3 is 2.85 bits per heavy atom. The highest BCUT2D eigenvalue weighted by Crippen LogP contribution is 1.86. The Hall–Kier alpha value is -1.08. The second kappa shape index (κ2) is 7.56. The zero-order chi connectivity index (χ0) is 10.1. The van der Waals surface area contributed by atoms with Crippen LogP contribution in [0.15, 0.2) is 0 Å². The van der Waals surface area contributed by atoms with Gasteiger partial charge in [0.2, 0.25) is 5.91 Å². The molecule has 0 unspecified atom stereocenters. The van der Waals surface area contributed by atoms with Crippen LogP contribution in [0, 0.1) is 11.3 Å². The number of carbonyl (C=O) groups excluding carboxylic acids is 1. The van der Waals surface area contributed by atoms with E-state index in [-0.39, 0.29) is 5.91 Å². The minimum absolute atomic E-state index is 0.0451. The lowest BCUT2D eigenvalue weighted by atomic mass is 10.4. The van der Waals surface area contributed by atoms with Gasteiger partial charge in [-0.05, 0) is 13.0 Å². The second-order valence-corrected chi connectivity index (χ2v) is 2.90. The molecule has 4 heteroatoms. The molecule has 0 saturated heterocycles. The molecule has 4 nitrogen and oxygen atoms in total. The molecular formula is C9H17N3O. The molecule has 0 aromatic rings. The molecule has 0 aliphatic carbocycles. The molecule has 1 N–H and O–H groups in total. The fourth-order valence-electron chi connectivity index (χ4n) is 0.849. The first-order valence-corrected chi connectivity index (χ1v) is 4.54. The van der Waals surface area contributed by atoms with Gasteiger partial charge in [-0.3, -0.25) is 4.79 Å². The summed E-state index contributed by atoms with van der Waals surface area (Å²) in [5.41, 5.74) is 0. The van der Waals surface area contributed by atoms with Crippen LogP contribution in [0.2, 0.25) is 0 Å². The number of nitrogens with zero attached hydrogens (tertiary/aromatic N) is 2. The molecule has 13 heavy (non-hydrogen) atoms. The highest BCUT2D eigenvalue weighted by Gasteiger charge is 2.06. The van der Waals surface area contributed by atoms with E-state index in [1.54, 1.807) is 11.9 Å². The van der Waals surface area contributed by atoms with Crippen molar-refractivity contribution in [3.05, 3.63) is 0 Å². The van der Waals surface area contributed by atoms with Crippen molar-refractivity contribution in [1.82, 2.24) is 10.2 Å². The Labute approximate surface area is 79.5 Å². The molecule has 0 bridgehead atoms. The summed E-state index contributed by atoms with van der Waals surface area (Å²) in [6.07, 6.45) is 1.42. The molecule has 74 valence electrons. The number of nitrogens with one attached hydrogen (secondary N) is 1. The topological polar surface area (TPSA) is 56.1 Å². The molecule has 0 aliphatic rings. The lowest BCUT2D eigenvalue weighted by Gasteiger charge is -2.15. The molecule has 0 aromatic carbocycles. The van der Waals surface area contributed by atoms with E-state index in [2.05, 4.69) is 12.2 Å². The van der Waals surface area contributed by atoms with Gasteiger partial charge in [-0.25, -0.2) is 0 Å². The molecule has 0 rings (SSSR count). The number of hydrogen-bond acceptors (Lipinski definition) is 3. The third kappa shape index (κ3) is 6.12. The van der Waals surface area contributed by atoms with E-state index >= 15 is 0 Å². The van der Waals surface area contributed by atoms with Gasteiger partial charge in [-0.2, -0.15) is 5.26 Å². The van der Waals surface area contributed by atoms with Crippen molar-refractivity contribution < 1.29 is 4.79 Å². The van der Waals surface area contributed by atoms with Crippen LogP contribution in [0.25, 0.3) is 0 Å². The largest absolute Gasteiger partial charge is 0.344 e. The quantitative estimate of drug-likeness (QED) is 0.605. The first-order chi connectivity index (χ1) is 6.22. The monoisotopic (exact) mass is 183 g/mol. The Kier molecular flexibility index (Phi) is 6.93. The zero-order valence-electron chi connectivity index (χ0n) is 8.34. The minimum atomic E-state index is 0.0451. The van der Waals surface area contributed by atoms with Crippen molar-refractivity contribution in [3.63, 3.8) is 0 Å². The van der Waals surface area contributed by atoms with Crippen LogP contribution in [-0.2, 0) is 4.79 Å². The molecule has 0 saturated carbocycles. The number of likely N-dealkylation sites (N-methyl/N-ethyl adjacent to an activating group) is 1. The number of nitriles is 1. The van der Waals surface area contributed by atoms with Gasteiger partial charge in [-0.1, -0.05) is 6.92 Å². The smallest absolute Gasteiger partial charge is 0.236 e. The minimum Gasteiger partial charge on any atom is -0.344 e. The van der Waals surface area contributed by atoms with Crippen molar-refractivity contribution >= 4 is 5.91 Å². The molecule has 0 aliphatic heterocycles. The standard InChI is InChI=1S/C9H17N3O/c1-3-6-11-8-9(13)12(2)7-4-5-10/h11H,3-4,6-8H2,1-2H3. The first-order valence-electron chi connectivity index (χ1n) is 4.54. The molecule has 0 fully saturated rings. The molecule has 1 amide bonds. The number of carbonyl (C=O) groups is 1. The van der Waals surface area contributed by atoms with E-state index in [1.165, 1.54) is 0 Å². The summed E-state index contributed by atoms with van der Waals surface area (Å²) in [5, 5.41) is 11.3. The van der Waals surface area contributed by atoms with E-state index < -0.39 is 0 Å². The van der Waals surface area contributed by atoms with Gasteiger partial charge in [-0.15, -0.1) is 0 Å². The van der Waals surface area contributed by atoms with Crippen molar-refractivity contribution in [2.45, 2.75) is 19.8 Å². The summed E-state index contributed by atoms with van der Waals surface area (Å²) in [6.45, 7) is 3.80. The Morgan fingerprint density at radius 2 is 2.31 bits per heavy atom. The lowest BCUT2D eigenvalue weighted by molar-refractivity contribution is -0.128. The second-order valence-electron chi connectivity index (χ2n) is 2.90. The predicted octanol–water partition coefficient (Wildman–Crippen LogP) is 0.358. The van der Waals surface area contributed by atoms with Gasteiger partial charge < -0.3 is 10.2 Å². The van der Waals surface area contributed by atoms with Crippen molar-refractivity contribution in [2.75, 3.05) is 26.7 Å². The van der Waals surface area contributed by atoms with Gasteiger partial charge in [0.15, 0.2) is 0 Å². The van der Waals surface area contributed by atoms with Crippen LogP contribution < -0.4 is 5.32 Å². The Morgan fingerprint density at radius 1 is 1.62 bits per heavy atom. The summed E-state index contributed by atoms with van der Waals surface area (Å²) in [4.78, 5) is 12.9. The maximum absolute atomic E-state index is 11.3. The van der Waals surface area contributed by atoms with E-state index in [4.69, 9.17) is 5.26 Å². The van der Waals surface area contributed by atoms with Gasteiger partial charge in [0.1, 0.15) is 0 Å². The van der Waals surface area contributed by atoms with Crippen molar-refractivity contribution in [2.24, 2.45) is 0 Å². The Bertz CT molecular complexity index is 186. The van der Waals surface area contributed by atoms with Crippen LogP contribution in [0.4, 0.5) is 0 Å². The van der Waals surface area contributed by atoms with E-state index in [0.717, 1.165) is 13.0 Å². The van der Waals surface area contributed by atoms with E-state index in [1.807, 2.05) is 6.07 Å². The summed E-state index contributed by atoms with van der Waals surface area (Å²) in [7, 11) is 1.72. The highest BCUT2D eigenvalue weighted by atomic mass is 16.2. The Balaban J connectivity index is 3.52. The van der Waals surface area contributed by atoms with Crippen LogP contribution in [0.5, 0.6) is 0 Å². The molecule has 0 spiro atoms. The molecule has 0 radical (unpaired) electrons. The molecule has 0 aromatic heterocycles. The summed E-state index contributed by atoms with van der Waals surface area (Å²) in [5.74, 6) is 0.0451. The fraction of sp³-hybridized carbons (Fsp3) is 0.778. The maximum atomic E-state index is 11.3. The highest BCUT2D eigenvalue weighted by molar-refractivity contribution is 5.77. The molecular weight excluding hydrogens is 166 g/mol. The third-order valence-corrected chi connectivity index (χ3v) is 1.69. The summed E-state index contributed by atoms with van der Waals surface area (Å²) < 4.78 is 0. The van der Waals surface area contributed by atoms with Crippen LogP contribution in [0.1, 0.15) is 19.8 Å². The normalized spacial score (nSPS) is 9.31. The van der Waals surface area contributed by atoms with Crippen LogP contribution in [-0.4, -0.2) is 37.5 Å². The SMILES string of the molecule is CCCNCC(=O)N(C)CCC#N. The van der Waals surface area contributed by atoms with E-state index in [9.17, 15) is 4.79 Å². The first kappa shape index (κ1) is 11.9. The molecule has 0 atom stereocenters. The average Bonchev–Trinajstić information content (AvgIpc) is 2.14. The average molecular weight is 183 g/mol. The third-order valence-electron chi connectivity index (χ3n) is 1.69. The van der Waals surface area contributed by atoms with Gasteiger partial charge >= 0.3 is 0 Å². The van der Waals surface area contributed by atoms with Crippen molar-refractivity contribution in [1.29, 1.82) is 5.26 Å².